The van der Waals surface area contributed by atoms with Gasteiger partial charge in [-0.2, -0.15) is 0 Å². The summed E-state index contributed by atoms with van der Waals surface area (Å²) in [5.41, 5.74) is 5.08. The molecule has 6 rings (SSSR count). The van der Waals surface area contributed by atoms with Gasteiger partial charge in [-0.15, -0.1) is 0 Å². The van der Waals surface area contributed by atoms with Gasteiger partial charge in [0, 0.05) is 68.0 Å². The minimum Gasteiger partial charge on any atom is -0.384 e. The number of nitrogens with one attached hydrogen (secondary N) is 1. The first kappa shape index (κ1) is 27.6. The van der Waals surface area contributed by atoms with Crippen LogP contribution in [0.15, 0.2) is 107 Å². The monoisotopic (exact) mass is 609 g/mol. The maximum absolute atomic E-state index is 14.2. The standard InChI is InChI=1S/C34H36BrN5O/c1-34-28(21-37-22-31(34)35)30(38-20-24-10-8-16-36-19-24)18-29(39-34)27-15-9-17-40(23-27)33(41)32(25-11-4-2-5-12-25)26-13-6-3-7-14-26/h2-8,10-14,16,18-19,22,27-28,31-32,38H,9,15,17,20-21,23H2,1H3. The highest BCUT2D eigenvalue weighted by molar-refractivity contribution is 9.10. The Balaban J connectivity index is 1.28. The molecule has 7 heteroatoms. The number of allylic oxidation sites excluding steroid dienone is 1. The maximum atomic E-state index is 14.2. The molecule has 3 aromatic rings. The Kier molecular flexibility index (Phi) is 8.15. The molecule has 41 heavy (non-hydrogen) atoms. The van der Waals surface area contributed by atoms with Gasteiger partial charge < -0.3 is 10.2 Å². The molecule has 2 aromatic carbocycles. The average molecular weight is 611 g/mol. The van der Waals surface area contributed by atoms with E-state index in [-0.39, 0.29) is 34.0 Å². The number of likely N-dealkylation sites (tertiary alicyclic amines) is 1. The number of carbonyl (C=O) groups excluding carboxylic acids is 1. The lowest BCUT2D eigenvalue weighted by molar-refractivity contribution is -0.133. The summed E-state index contributed by atoms with van der Waals surface area (Å²) < 4.78 is 0. The van der Waals surface area contributed by atoms with Gasteiger partial charge in [0.1, 0.15) is 0 Å². The van der Waals surface area contributed by atoms with Crippen LogP contribution in [0.3, 0.4) is 0 Å². The van der Waals surface area contributed by atoms with Crippen LogP contribution in [0.4, 0.5) is 0 Å². The number of fused-ring (bicyclic) bond motifs is 1. The molecule has 1 amide bonds. The minimum absolute atomic E-state index is 0.0366. The summed E-state index contributed by atoms with van der Waals surface area (Å²) >= 11 is 3.88. The molecule has 0 bridgehead atoms. The molecule has 3 aliphatic heterocycles. The molecule has 4 unspecified atom stereocenters. The first-order chi connectivity index (χ1) is 20.0. The van der Waals surface area contributed by atoms with Crippen LogP contribution in [-0.4, -0.2) is 57.7 Å². The number of piperidine rings is 1. The van der Waals surface area contributed by atoms with Crippen molar-refractivity contribution < 1.29 is 4.79 Å². The van der Waals surface area contributed by atoms with E-state index in [9.17, 15) is 4.79 Å². The molecule has 1 aromatic heterocycles. The van der Waals surface area contributed by atoms with Crippen molar-refractivity contribution in [1.82, 2.24) is 15.2 Å². The van der Waals surface area contributed by atoms with E-state index in [0.29, 0.717) is 19.6 Å². The summed E-state index contributed by atoms with van der Waals surface area (Å²) in [7, 11) is 0. The molecule has 0 radical (unpaired) electrons. The summed E-state index contributed by atoms with van der Waals surface area (Å²) in [6.07, 6.45) is 9.90. The number of pyridine rings is 1. The van der Waals surface area contributed by atoms with Crippen LogP contribution in [0.25, 0.3) is 0 Å². The lowest BCUT2D eigenvalue weighted by atomic mass is 9.75. The Morgan fingerprint density at radius 3 is 2.49 bits per heavy atom. The van der Waals surface area contributed by atoms with Gasteiger partial charge in [-0.1, -0.05) is 82.7 Å². The Bertz CT molecular complexity index is 1400. The van der Waals surface area contributed by atoms with E-state index in [1.807, 2.05) is 54.9 Å². The Hall–Kier alpha value is -3.58. The lowest BCUT2D eigenvalue weighted by Crippen LogP contribution is -2.53. The molecule has 6 nitrogen and oxygen atoms in total. The van der Waals surface area contributed by atoms with Crippen molar-refractivity contribution in [2.24, 2.45) is 21.8 Å². The van der Waals surface area contributed by atoms with E-state index >= 15 is 0 Å². The van der Waals surface area contributed by atoms with Crippen molar-refractivity contribution in [3.05, 3.63) is 114 Å². The fourth-order valence-electron chi connectivity index (χ4n) is 6.37. The summed E-state index contributed by atoms with van der Waals surface area (Å²) in [6.45, 7) is 5.06. The minimum atomic E-state index is -0.355. The third kappa shape index (κ3) is 5.78. The number of aliphatic imine (C=N–C) groups is 2. The van der Waals surface area contributed by atoms with Crippen molar-refractivity contribution in [2.45, 2.75) is 42.6 Å². The van der Waals surface area contributed by atoms with Crippen LogP contribution in [0, 0.1) is 11.8 Å². The summed E-state index contributed by atoms with van der Waals surface area (Å²) in [4.78, 5) is 30.7. The summed E-state index contributed by atoms with van der Waals surface area (Å²) in [5, 5.41) is 3.71. The molecule has 210 valence electrons. The SMILES string of the molecule is CC12N=C(C3CCCN(C(=O)C(c4ccccc4)c4ccccc4)C3)C=C(NCc3cccnc3)C1CN=CC2Br. The van der Waals surface area contributed by atoms with E-state index in [0.717, 1.165) is 47.5 Å². The second kappa shape index (κ2) is 12.1. The zero-order chi connectivity index (χ0) is 28.2. The first-order valence-corrected chi connectivity index (χ1v) is 15.4. The molecular formula is C34H36BrN5O. The van der Waals surface area contributed by atoms with E-state index < -0.39 is 0 Å². The van der Waals surface area contributed by atoms with Crippen molar-refractivity contribution >= 4 is 33.8 Å². The maximum Gasteiger partial charge on any atom is 0.234 e. The van der Waals surface area contributed by atoms with E-state index in [1.54, 1.807) is 6.20 Å². The van der Waals surface area contributed by atoms with Gasteiger partial charge in [0.2, 0.25) is 5.91 Å². The smallest absolute Gasteiger partial charge is 0.234 e. The zero-order valence-corrected chi connectivity index (χ0v) is 25.0. The van der Waals surface area contributed by atoms with Crippen LogP contribution in [0.1, 0.15) is 42.4 Å². The van der Waals surface area contributed by atoms with Crippen LogP contribution in [-0.2, 0) is 11.3 Å². The Morgan fingerprint density at radius 1 is 1.07 bits per heavy atom. The highest BCUT2D eigenvalue weighted by Gasteiger charge is 2.47. The number of amides is 1. The van der Waals surface area contributed by atoms with Gasteiger partial charge in [-0.05, 0) is 48.6 Å². The molecule has 1 saturated heterocycles. The Labute approximate surface area is 250 Å². The predicted molar refractivity (Wildman–Crippen MR) is 169 cm³/mol. The normalized spacial score (nSPS) is 25.7. The number of nitrogens with zero attached hydrogens (tertiary/aromatic N) is 4. The summed E-state index contributed by atoms with van der Waals surface area (Å²) in [6, 6.07) is 24.4. The second-order valence-electron chi connectivity index (χ2n) is 11.4. The Morgan fingerprint density at radius 2 is 1.80 bits per heavy atom. The van der Waals surface area contributed by atoms with Crippen LogP contribution in [0.5, 0.6) is 0 Å². The molecule has 3 aliphatic rings. The molecule has 1 fully saturated rings. The zero-order valence-electron chi connectivity index (χ0n) is 23.4. The molecular weight excluding hydrogens is 574 g/mol. The fourth-order valence-corrected chi connectivity index (χ4v) is 6.96. The van der Waals surface area contributed by atoms with Crippen molar-refractivity contribution in [2.75, 3.05) is 19.6 Å². The first-order valence-electron chi connectivity index (χ1n) is 14.5. The largest absolute Gasteiger partial charge is 0.384 e. The lowest BCUT2D eigenvalue weighted by Gasteiger charge is -2.45. The third-order valence-corrected chi connectivity index (χ3v) is 9.88. The number of aromatic nitrogens is 1. The number of hydrogen-bond acceptors (Lipinski definition) is 5. The van der Waals surface area contributed by atoms with Gasteiger partial charge >= 0.3 is 0 Å². The quantitative estimate of drug-likeness (QED) is 0.344. The molecule has 1 N–H and O–H groups in total. The van der Waals surface area contributed by atoms with Crippen LogP contribution < -0.4 is 5.32 Å². The van der Waals surface area contributed by atoms with Gasteiger partial charge in [-0.3, -0.25) is 19.8 Å². The van der Waals surface area contributed by atoms with Crippen LogP contribution >= 0.6 is 15.9 Å². The number of benzene rings is 2. The van der Waals surface area contributed by atoms with Gasteiger partial charge in [-0.25, -0.2) is 0 Å². The topological polar surface area (TPSA) is 70.0 Å². The highest BCUT2D eigenvalue weighted by Crippen LogP contribution is 2.41. The number of dihydropyridines is 1. The number of carbonyl (C=O) groups is 1. The average Bonchev–Trinajstić information content (AvgIpc) is 3.02. The molecule has 0 spiro atoms. The number of alkyl halides is 1. The van der Waals surface area contributed by atoms with Crippen molar-refractivity contribution in [3.63, 3.8) is 0 Å². The number of rotatable bonds is 7. The fraction of sp³-hybridized carbons (Fsp3) is 0.353. The number of halogens is 1. The van der Waals surface area contributed by atoms with Gasteiger partial charge in [0.05, 0.1) is 16.3 Å². The van der Waals surface area contributed by atoms with E-state index in [2.05, 4.69) is 79.5 Å². The van der Waals surface area contributed by atoms with Crippen molar-refractivity contribution in [3.8, 4) is 0 Å². The van der Waals surface area contributed by atoms with Gasteiger partial charge in [0.15, 0.2) is 0 Å². The number of hydrogen-bond donors (Lipinski definition) is 1. The van der Waals surface area contributed by atoms with E-state index in [1.165, 1.54) is 0 Å². The van der Waals surface area contributed by atoms with Gasteiger partial charge in [0.25, 0.3) is 0 Å². The predicted octanol–water partition coefficient (Wildman–Crippen LogP) is 5.80. The molecule has 4 atom stereocenters. The molecule has 0 aliphatic carbocycles. The summed E-state index contributed by atoms with van der Waals surface area (Å²) in [5.74, 6) is 0.167. The molecule has 0 saturated carbocycles. The van der Waals surface area contributed by atoms with Crippen LogP contribution in [0.2, 0.25) is 0 Å². The van der Waals surface area contributed by atoms with Crippen molar-refractivity contribution in [1.29, 1.82) is 0 Å². The molecule has 4 heterocycles. The second-order valence-corrected chi connectivity index (χ2v) is 12.4. The van der Waals surface area contributed by atoms with E-state index in [4.69, 9.17) is 4.99 Å². The third-order valence-electron chi connectivity index (χ3n) is 8.72. The highest BCUT2D eigenvalue weighted by atomic mass is 79.9.